The molecule has 5 aliphatic rings. The Morgan fingerprint density at radius 1 is 0.681 bits per heavy atom. The summed E-state index contributed by atoms with van der Waals surface area (Å²) in [6.07, 6.45) is 18.5. The van der Waals surface area contributed by atoms with Crippen LogP contribution in [0.25, 0.3) is 6.08 Å². The Hall–Kier alpha value is -9.02. The smallest absolute Gasteiger partial charge is 0.243 e. The molecule has 29 heteroatoms. The van der Waals surface area contributed by atoms with Gasteiger partial charge in [0, 0.05) is 92.8 Å². The number of nitrogens with one attached hydrogen (secondary N) is 4. The van der Waals surface area contributed by atoms with Crippen LogP contribution in [0.15, 0.2) is 81.7 Å². The van der Waals surface area contributed by atoms with Crippen molar-refractivity contribution in [3.8, 4) is 11.5 Å². The van der Waals surface area contributed by atoms with Gasteiger partial charge in [-0.2, -0.15) is 0 Å². The Kier molecular flexibility index (Phi) is 38.1. The Labute approximate surface area is 675 Å². The molecule has 16 N–H and O–H groups in total. The van der Waals surface area contributed by atoms with Gasteiger partial charge in [-0.3, -0.25) is 67.5 Å². The molecule has 2 aliphatic carbocycles. The molecule has 7 rings (SSSR count). The van der Waals surface area contributed by atoms with Crippen molar-refractivity contribution < 1.29 is 67.0 Å². The topological polar surface area (TPSA) is 459 Å². The van der Waals surface area contributed by atoms with E-state index >= 15 is 0 Å². The fraction of sp³-hybridized carbons (Fsp3) is 0.643. The van der Waals surface area contributed by atoms with E-state index in [0.29, 0.717) is 89.2 Å². The number of guanidine groups is 2. The summed E-state index contributed by atoms with van der Waals surface area (Å²) in [5, 5.41) is 11.9. The highest BCUT2D eigenvalue weighted by atomic mass is 79.9. The second-order valence-electron chi connectivity index (χ2n) is 33.1. The molecule has 3 heterocycles. The first-order valence-corrected chi connectivity index (χ1v) is 41.4. The molecule has 0 aromatic heterocycles. The number of rotatable bonds is 34. The Morgan fingerprint density at radius 3 is 1.88 bits per heavy atom. The minimum absolute atomic E-state index is 0.0968. The lowest BCUT2D eigenvalue weighted by atomic mass is 9.76. The van der Waals surface area contributed by atoms with Crippen molar-refractivity contribution in [1.82, 2.24) is 31.1 Å². The summed E-state index contributed by atoms with van der Waals surface area (Å²) in [6, 6.07) is 9.90. The van der Waals surface area contributed by atoms with Crippen LogP contribution >= 0.6 is 15.9 Å². The number of hydrogen-bond donors (Lipinski definition) is 10. The van der Waals surface area contributed by atoms with Crippen LogP contribution in [0.3, 0.4) is 0 Å². The van der Waals surface area contributed by atoms with Crippen LogP contribution in [-0.4, -0.2) is 168 Å². The van der Waals surface area contributed by atoms with Crippen LogP contribution < -0.4 is 65.1 Å². The average molecular weight is 1640 g/mol. The maximum Gasteiger partial charge on any atom is 0.243 e. The standard InChI is InChI=1S/C42H64BrN7O7.C42H63N7O7/c1-5-13-28(39(55)48-32(18-10-21-47-41(45)46)34(51)26-31(38(44)54)42(2,3)4)24-35(52)37(27-14-7-6-8-15-27)49-40(56)33-19-11-22-50(33)36(53)20-12-23-57-30-17-9-16-29(43)25-30;1-42(2,3)31(38(43)53)26-34(50)32(18-9-21-46-41(44)45)47-39(54)29-16-7-12-27-13-8-17-30(24-27)56-23-11-20-36(52)49-22-10-19-33(49)40(55)48-37(35(51)25-29)28-14-5-4-6-15-28/h5,9,16-17,25,27-28,31-33,37H,1,6-8,10-15,18-24,26H2,2-4H3,(H2,44,54)(H,48,55)(H,49,56)(H4,45,46,47);7-8,12-13,17,24,28-29,31-33,37H,4-6,9-11,14-16,18-23,25-26H2,1-3H3,(H2,43,53)(H,47,54)(H,48,55)(H4,44,45,46)/b;12-7+/t28-,31-,32+,33?,37+;29-,31-,32+,33?,37+/m11/s1. The summed E-state index contributed by atoms with van der Waals surface area (Å²) in [5.74, 6) is -6.88. The van der Waals surface area contributed by atoms with E-state index in [1.165, 1.54) is 0 Å². The van der Waals surface area contributed by atoms with Crippen molar-refractivity contribution >= 4 is 104 Å². The Morgan fingerprint density at radius 2 is 1.28 bits per heavy atom. The highest BCUT2D eigenvalue weighted by Crippen LogP contribution is 2.35. The van der Waals surface area contributed by atoms with Crippen LogP contribution in [-0.2, 0) is 57.5 Å². The number of Topliss-reactive ketones (excluding diaryl/α,β-unsaturated/α-hetero) is 4. The molecule has 624 valence electrons. The maximum absolute atomic E-state index is 14.5. The first-order chi connectivity index (χ1) is 53.6. The molecule has 2 saturated heterocycles. The van der Waals surface area contributed by atoms with E-state index in [9.17, 15) is 57.5 Å². The molecule has 113 heavy (non-hydrogen) atoms. The van der Waals surface area contributed by atoms with Crippen molar-refractivity contribution in [3.05, 3.63) is 77.3 Å². The molecule has 0 radical (unpaired) electrons. The molecule has 2 unspecified atom stereocenters. The largest absolute Gasteiger partial charge is 0.494 e. The molecule has 0 spiro atoms. The van der Waals surface area contributed by atoms with Gasteiger partial charge >= 0.3 is 0 Å². The highest BCUT2D eigenvalue weighted by Gasteiger charge is 2.43. The molecule has 10 atom stereocenters. The summed E-state index contributed by atoms with van der Waals surface area (Å²) >= 11 is 3.42. The van der Waals surface area contributed by atoms with Gasteiger partial charge < -0.3 is 74.9 Å². The van der Waals surface area contributed by atoms with Gasteiger partial charge in [-0.15, -0.1) is 6.58 Å². The predicted octanol–water partition coefficient (Wildman–Crippen LogP) is 8.00. The van der Waals surface area contributed by atoms with Gasteiger partial charge in [-0.25, -0.2) is 0 Å². The predicted molar refractivity (Wildman–Crippen MR) is 438 cm³/mol. The number of hydrogen-bond acceptors (Lipinski definition) is 16. The van der Waals surface area contributed by atoms with Crippen molar-refractivity contribution in [1.29, 1.82) is 0 Å². The number of halogens is 1. The minimum Gasteiger partial charge on any atom is -0.494 e. The van der Waals surface area contributed by atoms with Crippen molar-refractivity contribution in [2.45, 2.75) is 258 Å². The number of ether oxygens (including phenoxy) is 2. The van der Waals surface area contributed by atoms with E-state index in [2.05, 4.69) is 53.8 Å². The number of nitrogens with two attached hydrogens (primary N) is 6. The van der Waals surface area contributed by atoms with Crippen LogP contribution in [0.2, 0.25) is 0 Å². The molecule has 2 aromatic rings. The van der Waals surface area contributed by atoms with Crippen LogP contribution in [0.4, 0.5) is 0 Å². The number of primary amides is 2. The van der Waals surface area contributed by atoms with Gasteiger partial charge in [0.25, 0.3) is 0 Å². The van der Waals surface area contributed by atoms with Gasteiger partial charge in [-0.05, 0) is 161 Å². The lowest BCUT2D eigenvalue weighted by molar-refractivity contribution is -0.140. The van der Waals surface area contributed by atoms with Gasteiger partial charge in [0.1, 0.15) is 23.6 Å². The number of likely N-dealkylation sites (tertiary alicyclic amines) is 1. The van der Waals surface area contributed by atoms with E-state index in [1.54, 1.807) is 15.9 Å². The van der Waals surface area contributed by atoms with Crippen molar-refractivity contribution in [3.63, 3.8) is 0 Å². The number of carbonyl (C=O) groups is 12. The SMILES string of the molecule is C=CC[C@H](CC(=O)[C@@H](NC(=O)C1CCCN1C(=O)CCCOc1cccc(Br)c1)C1CCCCC1)C(=O)N[C@@H](CCCN=C(N)N)C(=O)C[C@H](C(N)=O)C(C)(C)C.CC(C)(C)[C@H](CC(=O)[C@H](CCCN=C(N)N)NC(=O)[C@@H]1C/C=C/c2cccc(c2)OCCCC(=O)N2CCCC2C(=O)N[C@@H](C2CCCCC2)C(=O)C1)C(N)=O. The number of amides is 8. The summed E-state index contributed by atoms with van der Waals surface area (Å²) in [7, 11) is 0. The zero-order valence-electron chi connectivity index (χ0n) is 67.4. The third-order valence-electron chi connectivity index (χ3n) is 22.3. The third-order valence-corrected chi connectivity index (χ3v) is 22.7. The second kappa shape index (κ2) is 46.4. The molecular formula is C84H127BrN14O14. The van der Waals surface area contributed by atoms with E-state index in [1.807, 2.05) is 102 Å². The third kappa shape index (κ3) is 31.0. The van der Waals surface area contributed by atoms with Crippen molar-refractivity contribution in [2.24, 2.45) is 90.7 Å². The summed E-state index contributed by atoms with van der Waals surface area (Å²) in [5.41, 5.74) is 33.0. The summed E-state index contributed by atoms with van der Waals surface area (Å²) in [6.45, 7) is 16.8. The van der Waals surface area contributed by atoms with Crippen LogP contribution in [0.5, 0.6) is 11.5 Å². The lowest BCUT2D eigenvalue weighted by Gasteiger charge is -2.33. The molecule has 28 nitrogen and oxygen atoms in total. The van der Waals surface area contributed by atoms with Crippen LogP contribution in [0, 0.1) is 46.3 Å². The van der Waals surface area contributed by atoms with E-state index in [-0.39, 0.29) is 148 Å². The monoisotopic (exact) mass is 1630 g/mol. The number of carbonyl (C=O) groups excluding carboxylic acids is 12. The first kappa shape index (κ1) is 92.8. The fourth-order valence-corrected chi connectivity index (χ4v) is 16.2. The minimum atomic E-state index is -0.995. The fourth-order valence-electron chi connectivity index (χ4n) is 15.9. The number of aliphatic imine (C=N–C) groups is 2. The Balaban J connectivity index is 0.000000352. The van der Waals surface area contributed by atoms with E-state index < -0.39 is 94.4 Å². The number of fused-ring (bicyclic) bond motifs is 3. The highest BCUT2D eigenvalue weighted by molar-refractivity contribution is 9.10. The quantitative estimate of drug-likeness (QED) is 0.0137. The molecule has 2 saturated carbocycles. The zero-order chi connectivity index (χ0) is 83.0. The summed E-state index contributed by atoms with van der Waals surface area (Å²) < 4.78 is 12.6. The molecule has 3 aliphatic heterocycles. The zero-order valence-corrected chi connectivity index (χ0v) is 69.0. The van der Waals surface area contributed by atoms with Gasteiger partial charge in [-0.1, -0.05) is 132 Å². The number of allylic oxidation sites excluding steroid dienone is 2. The second-order valence-corrected chi connectivity index (χ2v) is 34.0. The Bertz CT molecular complexity index is 3660. The maximum atomic E-state index is 14.5. The lowest BCUT2D eigenvalue weighted by Crippen LogP contribution is -2.54. The van der Waals surface area contributed by atoms with Gasteiger partial charge in [0.15, 0.2) is 35.1 Å². The summed E-state index contributed by atoms with van der Waals surface area (Å²) in [4.78, 5) is 175. The normalized spacial score (nSPS) is 20.8. The van der Waals surface area contributed by atoms with Gasteiger partial charge in [0.2, 0.25) is 47.3 Å². The van der Waals surface area contributed by atoms with Crippen molar-refractivity contribution in [2.75, 3.05) is 39.4 Å². The molecule has 2 bridgehead atoms. The number of ketones is 4. The van der Waals surface area contributed by atoms with E-state index in [0.717, 1.165) is 74.2 Å². The van der Waals surface area contributed by atoms with Crippen LogP contribution in [0.1, 0.15) is 227 Å². The van der Waals surface area contributed by atoms with Gasteiger partial charge in [0.05, 0.1) is 37.4 Å². The average Bonchev–Trinajstić information content (AvgIpc) is 1.81. The molecular weight excluding hydrogens is 1510 g/mol. The molecule has 4 fully saturated rings. The first-order valence-electron chi connectivity index (χ1n) is 40.6. The molecule has 8 amide bonds. The molecule has 2 aromatic carbocycles. The number of nitrogens with zero attached hydrogens (tertiary/aromatic N) is 4. The van der Waals surface area contributed by atoms with E-state index in [4.69, 9.17) is 43.9 Å². The number of benzene rings is 2.